The lowest BCUT2D eigenvalue weighted by molar-refractivity contribution is 0.110. The van der Waals surface area contributed by atoms with Crippen molar-refractivity contribution in [3.8, 4) is 0 Å². The molecule has 4 heteroatoms. The normalized spacial score (nSPS) is 12.9. The summed E-state index contributed by atoms with van der Waals surface area (Å²) in [5.41, 5.74) is 0.649. The third kappa shape index (κ3) is 2.85. The van der Waals surface area contributed by atoms with E-state index in [2.05, 4.69) is 0 Å². The summed E-state index contributed by atoms with van der Waals surface area (Å²) in [4.78, 5) is 0. The Kier molecular flexibility index (Phi) is 4.69. The van der Waals surface area contributed by atoms with Crippen LogP contribution in [0.15, 0.2) is 18.2 Å². The summed E-state index contributed by atoms with van der Waals surface area (Å²) in [5.74, 6) is 0. The first-order chi connectivity index (χ1) is 6.66. The van der Waals surface area contributed by atoms with Gasteiger partial charge in [0.05, 0.1) is 16.1 Å². The minimum atomic E-state index is -0.624. The molecular formula is C10H12Cl2O2. The van der Waals surface area contributed by atoms with Gasteiger partial charge in [-0.15, -0.1) is 0 Å². The van der Waals surface area contributed by atoms with E-state index in [4.69, 9.17) is 27.9 Å². The van der Waals surface area contributed by atoms with E-state index in [0.29, 0.717) is 28.6 Å². The minimum Gasteiger partial charge on any atom is -0.388 e. The topological polar surface area (TPSA) is 29.5 Å². The number of rotatable bonds is 4. The van der Waals surface area contributed by atoms with Crippen LogP contribution >= 0.6 is 23.2 Å². The lowest BCUT2D eigenvalue weighted by atomic mass is 10.1. The van der Waals surface area contributed by atoms with E-state index in [9.17, 15) is 5.11 Å². The Morgan fingerprint density at radius 3 is 2.79 bits per heavy atom. The van der Waals surface area contributed by atoms with E-state index in [-0.39, 0.29) is 0 Å². The molecule has 0 bridgehead atoms. The summed E-state index contributed by atoms with van der Waals surface area (Å²) < 4.78 is 4.87. The highest BCUT2D eigenvalue weighted by atomic mass is 35.5. The van der Waals surface area contributed by atoms with Crippen LogP contribution in [0.3, 0.4) is 0 Å². The van der Waals surface area contributed by atoms with Gasteiger partial charge >= 0.3 is 0 Å². The monoisotopic (exact) mass is 234 g/mol. The largest absolute Gasteiger partial charge is 0.388 e. The van der Waals surface area contributed by atoms with E-state index in [0.717, 1.165) is 0 Å². The zero-order valence-corrected chi connectivity index (χ0v) is 9.35. The molecule has 0 spiro atoms. The highest BCUT2D eigenvalue weighted by Gasteiger charge is 2.12. The van der Waals surface area contributed by atoms with E-state index in [1.807, 2.05) is 0 Å². The van der Waals surface area contributed by atoms with E-state index >= 15 is 0 Å². The molecule has 0 fully saturated rings. The smallest absolute Gasteiger partial charge is 0.0826 e. The fraction of sp³-hybridized carbons (Fsp3) is 0.400. The number of aliphatic hydroxyl groups is 1. The van der Waals surface area contributed by atoms with E-state index in [1.165, 1.54) is 0 Å². The minimum absolute atomic E-state index is 0.415. The Morgan fingerprint density at radius 1 is 1.43 bits per heavy atom. The fourth-order valence-corrected chi connectivity index (χ4v) is 1.60. The number of methoxy groups -OCH3 is 1. The molecule has 1 atom stereocenters. The van der Waals surface area contributed by atoms with Crippen LogP contribution in [-0.2, 0) is 4.74 Å². The van der Waals surface area contributed by atoms with Crippen LogP contribution in [0.5, 0.6) is 0 Å². The molecule has 0 heterocycles. The third-order valence-electron chi connectivity index (χ3n) is 1.94. The van der Waals surface area contributed by atoms with E-state index < -0.39 is 6.10 Å². The Labute approximate surface area is 93.4 Å². The Bertz CT molecular complexity index is 302. The van der Waals surface area contributed by atoms with Crippen LogP contribution in [-0.4, -0.2) is 18.8 Å². The molecule has 2 nitrogen and oxygen atoms in total. The maximum absolute atomic E-state index is 9.73. The lowest BCUT2D eigenvalue weighted by Crippen LogP contribution is -2.02. The van der Waals surface area contributed by atoms with Crippen molar-refractivity contribution in [3.05, 3.63) is 33.8 Å². The molecule has 1 N–H and O–H groups in total. The molecular weight excluding hydrogens is 223 g/mol. The molecule has 1 aromatic rings. The van der Waals surface area contributed by atoms with Crippen LogP contribution < -0.4 is 0 Å². The molecule has 1 unspecified atom stereocenters. The molecule has 0 aliphatic rings. The van der Waals surface area contributed by atoms with Gasteiger partial charge in [0.2, 0.25) is 0 Å². The van der Waals surface area contributed by atoms with Gasteiger partial charge in [0.1, 0.15) is 0 Å². The summed E-state index contributed by atoms with van der Waals surface area (Å²) in [5, 5.41) is 10.6. The van der Waals surface area contributed by atoms with Crippen molar-refractivity contribution in [2.75, 3.05) is 13.7 Å². The fourth-order valence-electron chi connectivity index (χ4n) is 1.16. The van der Waals surface area contributed by atoms with Gasteiger partial charge in [-0.05, 0) is 6.07 Å². The molecule has 0 aliphatic carbocycles. The molecule has 1 aromatic carbocycles. The van der Waals surface area contributed by atoms with Gasteiger partial charge in [0, 0.05) is 25.7 Å². The first kappa shape index (κ1) is 11.8. The second kappa shape index (κ2) is 5.56. The second-order valence-electron chi connectivity index (χ2n) is 2.94. The molecule has 0 saturated heterocycles. The van der Waals surface area contributed by atoms with Gasteiger partial charge in [-0.1, -0.05) is 35.3 Å². The number of ether oxygens (including phenoxy) is 1. The van der Waals surface area contributed by atoms with Crippen molar-refractivity contribution < 1.29 is 9.84 Å². The highest BCUT2D eigenvalue weighted by molar-refractivity contribution is 6.42. The van der Waals surface area contributed by atoms with E-state index in [1.54, 1.807) is 25.3 Å². The Morgan fingerprint density at radius 2 is 2.14 bits per heavy atom. The average Bonchev–Trinajstić information content (AvgIpc) is 2.18. The van der Waals surface area contributed by atoms with Crippen molar-refractivity contribution in [2.24, 2.45) is 0 Å². The van der Waals surface area contributed by atoms with Crippen LogP contribution in [0.1, 0.15) is 18.1 Å². The summed E-state index contributed by atoms with van der Waals surface area (Å²) in [7, 11) is 1.59. The first-order valence-corrected chi connectivity index (χ1v) is 5.03. The number of hydrogen-bond donors (Lipinski definition) is 1. The second-order valence-corrected chi connectivity index (χ2v) is 3.73. The Balaban J connectivity index is 2.79. The van der Waals surface area contributed by atoms with Gasteiger partial charge in [-0.2, -0.15) is 0 Å². The zero-order valence-electron chi connectivity index (χ0n) is 7.84. The number of hydrogen-bond acceptors (Lipinski definition) is 2. The summed E-state index contributed by atoms with van der Waals surface area (Å²) in [6, 6.07) is 5.21. The molecule has 1 rings (SSSR count). The van der Waals surface area contributed by atoms with Crippen LogP contribution in [0.4, 0.5) is 0 Å². The third-order valence-corrected chi connectivity index (χ3v) is 2.77. The summed E-state index contributed by atoms with van der Waals surface area (Å²) >= 11 is 11.8. The van der Waals surface area contributed by atoms with Crippen molar-refractivity contribution >= 4 is 23.2 Å². The maximum Gasteiger partial charge on any atom is 0.0826 e. The van der Waals surface area contributed by atoms with Crippen LogP contribution in [0.25, 0.3) is 0 Å². The zero-order chi connectivity index (χ0) is 10.6. The number of halogens is 2. The van der Waals surface area contributed by atoms with Crippen molar-refractivity contribution in [1.29, 1.82) is 0 Å². The van der Waals surface area contributed by atoms with Gasteiger partial charge in [0.15, 0.2) is 0 Å². The summed E-state index contributed by atoms with van der Waals surface area (Å²) in [6.07, 6.45) is -0.113. The SMILES string of the molecule is COCCC(O)c1cccc(Cl)c1Cl. The Hall–Kier alpha value is -0.280. The number of benzene rings is 1. The molecule has 0 aromatic heterocycles. The van der Waals surface area contributed by atoms with Gasteiger partial charge in [-0.25, -0.2) is 0 Å². The average molecular weight is 235 g/mol. The van der Waals surface area contributed by atoms with Crippen molar-refractivity contribution in [1.82, 2.24) is 0 Å². The van der Waals surface area contributed by atoms with Crippen LogP contribution in [0.2, 0.25) is 10.0 Å². The van der Waals surface area contributed by atoms with Crippen molar-refractivity contribution in [3.63, 3.8) is 0 Å². The standard InChI is InChI=1S/C10H12Cl2O2/c1-14-6-5-9(13)7-3-2-4-8(11)10(7)12/h2-4,9,13H,5-6H2,1H3. The first-order valence-electron chi connectivity index (χ1n) is 4.27. The molecule has 14 heavy (non-hydrogen) atoms. The van der Waals surface area contributed by atoms with Gasteiger partial charge in [-0.3, -0.25) is 0 Å². The quantitative estimate of drug-likeness (QED) is 0.868. The predicted molar refractivity (Wildman–Crippen MR) is 57.9 cm³/mol. The maximum atomic E-state index is 9.73. The molecule has 0 aliphatic heterocycles. The summed E-state index contributed by atoms with van der Waals surface area (Å²) in [6.45, 7) is 0.490. The number of aliphatic hydroxyl groups excluding tert-OH is 1. The van der Waals surface area contributed by atoms with Crippen molar-refractivity contribution in [2.45, 2.75) is 12.5 Å². The predicted octanol–water partition coefficient (Wildman–Crippen LogP) is 3.06. The van der Waals surface area contributed by atoms with Crippen LogP contribution in [0, 0.1) is 0 Å². The molecule has 78 valence electrons. The molecule has 0 amide bonds. The molecule has 0 saturated carbocycles. The van der Waals surface area contributed by atoms with Gasteiger partial charge in [0.25, 0.3) is 0 Å². The lowest BCUT2D eigenvalue weighted by Gasteiger charge is -2.12. The molecule has 0 radical (unpaired) electrons. The van der Waals surface area contributed by atoms with Gasteiger partial charge < -0.3 is 9.84 Å². The highest BCUT2D eigenvalue weighted by Crippen LogP contribution is 2.31.